The average molecular weight is 405 g/mol. The highest BCUT2D eigenvalue weighted by molar-refractivity contribution is 5.84. The summed E-state index contributed by atoms with van der Waals surface area (Å²) in [6.45, 7) is 4.06. The highest BCUT2D eigenvalue weighted by Crippen LogP contribution is 2.52. The first-order chi connectivity index (χ1) is 14.6. The van der Waals surface area contributed by atoms with Gasteiger partial charge in [-0.25, -0.2) is 0 Å². The number of benzene rings is 2. The molecule has 2 aromatic carbocycles. The van der Waals surface area contributed by atoms with E-state index in [0.29, 0.717) is 19.6 Å². The molecule has 0 radical (unpaired) electrons. The Labute approximate surface area is 176 Å². The van der Waals surface area contributed by atoms with Gasteiger partial charge >= 0.3 is 0 Å². The van der Waals surface area contributed by atoms with Crippen molar-refractivity contribution in [3.63, 3.8) is 0 Å². The lowest BCUT2D eigenvalue weighted by molar-refractivity contribution is -0.142. The van der Waals surface area contributed by atoms with Gasteiger partial charge in [0.2, 0.25) is 0 Å². The van der Waals surface area contributed by atoms with E-state index in [9.17, 15) is 4.79 Å². The largest absolute Gasteiger partial charge is 0.486 e. The summed E-state index contributed by atoms with van der Waals surface area (Å²) in [6.07, 6.45) is 4.86. The minimum absolute atomic E-state index is 0.0122. The number of fused-ring (bicyclic) bond motifs is 4. The minimum atomic E-state index is -0.429. The van der Waals surface area contributed by atoms with Crippen LogP contribution in [0.2, 0.25) is 0 Å². The van der Waals surface area contributed by atoms with Gasteiger partial charge in [-0.2, -0.15) is 0 Å². The van der Waals surface area contributed by atoms with Crippen LogP contribution < -0.4 is 14.2 Å². The van der Waals surface area contributed by atoms with E-state index in [1.807, 2.05) is 18.2 Å². The lowest BCUT2D eigenvalue weighted by Crippen LogP contribution is -2.52. The SMILES string of the molecule is C[C@H]1c2cc3c(cc2C2(CCCC2)CN1C(=O)[C@H]1Cc2ccccc2O1)OCCO3. The Hall–Kier alpha value is -2.69. The number of carbonyl (C=O) groups excluding carboxylic acids is 1. The molecule has 0 aromatic heterocycles. The van der Waals surface area contributed by atoms with Crippen molar-refractivity contribution in [2.75, 3.05) is 19.8 Å². The molecule has 2 aromatic rings. The first-order valence-corrected chi connectivity index (χ1v) is 11.1. The van der Waals surface area contributed by atoms with Gasteiger partial charge in [0, 0.05) is 18.4 Å². The van der Waals surface area contributed by atoms with Crippen LogP contribution in [-0.4, -0.2) is 36.7 Å². The molecule has 3 heterocycles. The molecule has 5 heteroatoms. The predicted molar refractivity (Wildman–Crippen MR) is 112 cm³/mol. The molecular weight excluding hydrogens is 378 g/mol. The molecular formula is C25H27NO4. The Kier molecular flexibility index (Phi) is 4.02. The topological polar surface area (TPSA) is 48.0 Å². The highest BCUT2D eigenvalue weighted by atomic mass is 16.6. The van der Waals surface area contributed by atoms with Gasteiger partial charge in [-0.1, -0.05) is 31.0 Å². The summed E-state index contributed by atoms with van der Waals surface area (Å²) in [5.41, 5.74) is 3.70. The Balaban J connectivity index is 1.37. The molecule has 1 amide bonds. The summed E-state index contributed by atoms with van der Waals surface area (Å²) >= 11 is 0. The lowest BCUT2D eigenvalue weighted by atomic mass is 9.71. The first kappa shape index (κ1) is 18.1. The van der Waals surface area contributed by atoms with Crippen molar-refractivity contribution in [3.05, 3.63) is 53.1 Å². The van der Waals surface area contributed by atoms with Crippen molar-refractivity contribution >= 4 is 5.91 Å². The summed E-state index contributed by atoms with van der Waals surface area (Å²) in [5.74, 6) is 2.60. The fourth-order valence-corrected chi connectivity index (χ4v) is 5.88. The summed E-state index contributed by atoms with van der Waals surface area (Å²) in [7, 11) is 0. The van der Waals surface area contributed by atoms with Crippen LogP contribution in [0, 0.1) is 0 Å². The zero-order valence-electron chi connectivity index (χ0n) is 17.4. The van der Waals surface area contributed by atoms with Gasteiger partial charge in [-0.3, -0.25) is 4.79 Å². The molecule has 4 aliphatic rings. The second-order valence-electron chi connectivity index (χ2n) is 9.13. The Bertz CT molecular complexity index is 985. The molecule has 0 bridgehead atoms. The summed E-state index contributed by atoms with van der Waals surface area (Å²) in [6, 6.07) is 12.3. The third kappa shape index (κ3) is 2.64. The molecule has 0 saturated heterocycles. The van der Waals surface area contributed by atoms with Crippen molar-refractivity contribution < 1.29 is 19.0 Å². The van der Waals surface area contributed by atoms with Crippen molar-refractivity contribution in [3.8, 4) is 17.2 Å². The number of para-hydroxylation sites is 1. The van der Waals surface area contributed by atoms with Gasteiger partial charge in [-0.05, 0) is 54.7 Å². The maximum absolute atomic E-state index is 13.7. The van der Waals surface area contributed by atoms with E-state index in [-0.39, 0.29) is 17.4 Å². The molecule has 0 unspecified atom stereocenters. The van der Waals surface area contributed by atoms with Gasteiger partial charge in [0.25, 0.3) is 5.91 Å². The summed E-state index contributed by atoms with van der Waals surface area (Å²) in [5, 5.41) is 0. The summed E-state index contributed by atoms with van der Waals surface area (Å²) < 4.78 is 17.8. The number of carbonyl (C=O) groups is 1. The molecule has 1 aliphatic carbocycles. The quantitative estimate of drug-likeness (QED) is 0.714. The molecule has 156 valence electrons. The zero-order valence-corrected chi connectivity index (χ0v) is 17.4. The van der Waals surface area contributed by atoms with Gasteiger partial charge in [-0.15, -0.1) is 0 Å². The molecule has 1 saturated carbocycles. The molecule has 5 nitrogen and oxygen atoms in total. The van der Waals surface area contributed by atoms with E-state index < -0.39 is 6.10 Å². The standard InChI is InChI=1S/C25H27NO4/c1-16-18-13-21-22(29-11-10-28-21)14-19(18)25(8-4-5-9-25)15-26(16)24(27)23-12-17-6-2-3-7-20(17)30-23/h2-3,6-7,13-14,16,23H,4-5,8-12,15H2,1H3/t16-,23+/m0/s1. The smallest absolute Gasteiger partial charge is 0.264 e. The van der Waals surface area contributed by atoms with E-state index in [1.165, 1.54) is 24.0 Å². The van der Waals surface area contributed by atoms with Crippen LogP contribution in [0.1, 0.15) is 55.3 Å². The second kappa shape index (κ2) is 6.66. The molecule has 0 N–H and O–H groups in total. The van der Waals surface area contributed by atoms with Gasteiger partial charge in [0.15, 0.2) is 17.6 Å². The van der Waals surface area contributed by atoms with Crippen molar-refractivity contribution in [1.29, 1.82) is 0 Å². The summed E-state index contributed by atoms with van der Waals surface area (Å²) in [4.78, 5) is 15.7. The zero-order chi connectivity index (χ0) is 20.3. The number of hydrogen-bond donors (Lipinski definition) is 0. The highest BCUT2D eigenvalue weighted by Gasteiger charge is 2.48. The van der Waals surface area contributed by atoms with Gasteiger partial charge < -0.3 is 19.1 Å². The third-order valence-corrected chi connectivity index (χ3v) is 7.44. The number of ether oxygens (including phenoxy) is 3. The van der Waals surface area contributed by atoms with Crippen LogP contribution in [0.3, 0.4) is 0 Å². The minimum Gasteiger partial charge on any atom is -0.486 e. The first-order valence-electron chi connectivity index (χ1n) is 11.1. The normalized spacial score (nSPS) is 25.6. The molecule has 1 fully saturated rings. The molecule has 1 spiro atoms. The maximum Gasteiger partial charge on any atom is 0.264 e. The molecule has 6 rings (SSSR count). The Morgan fingerprint density at radius 2 is 1.77 bits per heavy atom. The Morgan fingerprint density at radius 3 is 2.53 bits per heavy atom. The molecule has 3 aliphatic heterocycles. The Morgan fingerprint density at radius 1 is 1.03 bits per heavy atom. The number of hydrogen-bond acceptors (Lipinski definition) is 4. The van der Waals surface area contributed by atoms with E-state index in [2.05, 4.69) is 30.0 Å². The van der Waals surface area contributed by atoms with E-state index in [4.69, 9.17) is 14.2 Å². The number of nitrogens with zero attached hydrogens (tertiary/aromatic N) is 1. The van der Waals surface area contributed by atoms with Crippen molar-refractivity contribution in [1.82, 2.24) is 4.90 Å². The van der Waals surface area contributed by atoms with E-state index >= 15 is 0 Å². The predicted octanol–water partition coefficient (Wildman–Crippen LogP) is 4.18. The lowest BCUT2D eigenvalue weighted by Gasteiger charge is -2.47. The fraction of sp³-hybridized carbons (Fsp3) is 0.480. The molecule has 2 atom stereocenters. The van der Waals surface area contributed by atoms with Gasteiger partial charge in [0.1, 0.15) is 19.0 Å². The third-order valence-electron chi connectivity index (χ3n) is 7.44. The van der Waals surface area contributed by atoms with Crippen molar-refractivity contribution in [2.45, 2.75) is 56.6 Å². The van der Waals surface area contributed by atoms with Crippen LogP contribution in [0.5, 0.6) is 17.2 Å². The van der Waals surface area contributed by atoms with Crippen LogP contribution in [0.25, 0.3) is 0 Å². The number of rotatable bonds is 1. The van der Waals surface area contributed by atoms with Crippen LogP contribution in [-0.2, 0) is 16.6 Å². The average Bonchev–Trinajstić information content (AvgIpc) is 3.42. The van der Waals surface area contributed by atoms with Crippen LogP contribution >= 0.6 is 0 Å². The molecule has 30 heavy (non-hydrogen) atoms. The maximum atomic E-state index is 13.7. The van der Waals surface area contributed by atoms with Crippen LogP contribution in [0.4, 0.5) is 0 Å². The fourth-order valence-electron chi connectivity index (χ4n) is 5.88. The van der Waals surface area contributed by atoms with Crippen molar-refractivity contribution in [2.24, 2.45) is 0 Å². The van der Waals surface area contributed by atoms with E-state index in [1.54, 1.807) is 0 Å². The van der Waals surface area contributed by atoms with Crippen LogP contribution in [0.15, 0.2) is 36.4 Å². The monoisotopic (exact) mass is 405 g/mol. The van der Waals surface area contributed by atoms with E-state index in [0.717, 1.165) is 42.2 Å². The van der Waals surface area contributed by atoms with Gasteiger partial charge in [0.05, 0.1) is 6.04 Å². The number of amides is 1. The second-order valence-corrected chi connectivity index (χ2v) is 9.13.